The van der Waals surface area contributed by atoms with Crippen molar-refractivity contribution < 1.29 is 33.0 Å². The van der Waals surface area contributed by atoms with E-state index in [4.69, 9.17) is 4.74 Å². The molecule has 1 aliphatic heterocycles. The number of aliphatic hydroxyl groups excluding tert-OH is 1. The Bertz CT molecular complexity index is 755. The lowest BCUT2D eigenvalue weighted by molar-refractivity contribution is -0.131. The molecule has 0 spiro atoms. The van der Waals surface area contributed by atoms with Gasteiger partial charge < -0.3 is 25.8 Å². The van der Waals surface area contributed by atoms with Gasteiger partial charge in [0.1, 0.15) is 0 Å². The molecule has 3 amide bonds. The first-order chi connectivity index (χ1) is 15.2. The van der Waals surface area contributed by atoms with E-state index in [-0.39, 0.29) is 24.7 Å². The van der Waals surface area contributed by atoms with E-state index in [1.54, 1.807) is 30.3 Å². The van der Waals surface area contributed by atoms with Gasteiger partial charge in [0.05, 0.1) is 18.7 Å². The van der Waals surface area contributed by atoms with Crippen molar-refractivity contribution in [1.29, 1.82) is 0 Å². The van der Waals surface area contributed by atoms with Crippen LogP contribution in [0.25, 0.3) is 0 Å². The van der Waals surface area contributed by atoms with Gasteiger partial charge in [0.15, 0.2) is 6.10 Å². The van der Waals surface area contributed by atoms with Crippen molar-refractivity contribution in [2.45, 2.75) is 57.7 Å². The molecule has 2 rings (SSSR count). The van der Waals surface area contributed by atoms with Gasteiger partial charge in [0.25, 0.3) is 12.3 Å². The lowest BCUT2D eigenvalue weighted by Crippen LogP contribution is -2.49. The van der Waals surface area contributed by atoms with Crippen LogP contribution in [0.1, 0.15) is 32.3 Å². The lowest BCUT2D eigenvalue weighted by Gasteiger charge is -2.25. The number of alkyl halides is 2. The van der Waals surface area contributed by atoms with Crippen molar-refractivity contribution in [1.82, 2.24) is 16.0 Å². The molecule has 4 N–H and O–H groups in total. The van der Waals surface area contributed by atoms with Gasteiger partial charge in [-0.2, -0.15) is 0 Å². The Morgan fingerprint density at radius 3 is 2.44 bits per heavy atom. The molecule has 32 heavy (non-hydrogen) atoms. The molecule has 1 saturated heterocycles. The van der Waals surface area contributed by atoms with Gasteiger partial charge in [0, 0.05) is 18.9 Å². The first kappa shape index (κ1) is 25.5. The maximum atomic E-state index is 13.2. The first-order valence-electron chi connectivity index (χ1n) is 10.7. The van der Waals surface area contributed by atoms with E-state index in [9.17, 15) is 28.3 Å². The van der Waals surface area contributed by atoms with Crippen LogP contribution in [0.3, 0.4) is 0 Å². The SMILES string of the molecule is CC(C)C(NC(=O)O[C@@H](Cc1ccccc1)C(=O)N[C@H](CO)C[C@@H]1CCNC1=O)C(F)F. The minimum atomic E-state index is -2.79. The molecule has 0 saturated carbocycles. The number of carbonyl (C=O) groups excluding carboxylic acids is 3. The summed E-state index contributed by atoms with van der Waals surface area (Å²) in [5, 5.41) is 17.1. The molecule has 1 aliphatic rings. The molecule has 1 aromatic carbocycles. The predicted molar refractivity (Wildman–Crippen MR) is 113 cm³/mol. The Balaban J connectivity index is 2.08. The van der Waals surface area contributed by atoms with Crippen LogP contribution < -0.4 is 16.0 Å². The van der Waals surface area contributed by atoms with Crippen molar-refractivity contribution in [2.24, 2.45) is 11.8 Å². The van der Waals surface area contributed by atoms with E-state index >= 15 is 0 Å². The summed E-state index contributed by atoms with van der Waals surface area (Å²) in [6.45, 7) is 3.21. The van der Waals surface area contributed by atoms with Gasteiger partial charge in [-0.3, -0.25) is 9.59 Å². The maximum Gasteiger partial charge on any atom is 0.408 e. The first-order valence-corrected chi connectivity index (χ1v) is 10.7. The maximum absolute atomic E-state index is 13.2. The molecule has 8 nitrogen and oxygen atoms in total. The molecule has 1 heterocycles. The van der Waals surface area contributed by atoms with Gasteiger partial charge in [0.2, 0.25) is 5.91 Å². The van der Waals surface area contributed by atoms with Crippen LogP contribution in [-0.2, 0) is 20.7 Å². The van der Waals surface area contributed by atoms with Crippen molar-refractivity contribution in [3.05, 3.63) is 35.9 Å². The van der Waals surface area contributed by atoms with Crippen LogP contribution in [0.15, 0.2) is 30.3 Å². The highest BCUT2D eigenvalue weighted by atomic mass is 19.3. The number of rotatable bonds is 11. The number of nitrogens with one attached hydrogen (secondary N) is 3. The molecule has 178 valence electrons. The fourth-order valence-electron chi connectivity index (χ4n) is 3.52. The Morgan fingerprint density at radius 2 is 1.91 bits per heavy atom. The smallest absolute Gasteiger partial charge is 0.408 e. The minimum absolute atomic E-state index is 0.0170. The molecule has 0 aromatic heterocycles. The summed E-state index contributed by atoms with van der Waals surface area (Å²) in [7, 11) is 0. The van der Waals surface area contributed by atoms with Crippen LogP contribution in [-0.4, -0.2) is 60.8 Å². The zero-order chi connectivity index (χ0) is 23.7. The molecule has 0 bridgehead atoms. The third-order valence-electron chi connectivity index (χ3n) is 5.38. The molecule has 4 atom stereocenters. The van der Waals surface area contributed by atoms with E-state index in [1.807, 2.05) is 0 Å². The Morgan fingerprint density at radius 1 is 1.22 bits per heavy atom. The van der Waals surface area contributed by atoms with Crippen LogP contribution in [0.4, 0.5) is 13.6 Å². The average molecular weight is 456 g/mol. The minimum Gasteiger partial charge on any atom is -0.436 e. The van der Waals surface area contributed by atoms with Crippen LogP contribution >= 0.6 is 0 Å². The summed E-state index contributed by atoms with van der Waals surface area (Å²) in [6.07, 6.45) is -4.38. The summed E-state index contributed by atoms with van der Waals surface area (Å²) < 4.78 is 31.6. The molecule has 0 aliphatic carbocycles. The van der Waals surface area contributed by atoms with Crippen LogP contribution in [0.2, 0.25) is 0 Å². The monoisotopic (exact) mass is 455 g/mol. The van der Waals surface area contributed by atoms with E-state index in [0.29, 0.717) is 18.5 Å². The lowest BCUT2D eigenvalue weighted by atomic mass is 9.98. The van der Waals surface area contributed by atoms with Crippen molar-refractivity contribution in [2.75, 3.05) is 13.2 Å². The van der Waals surface area contributed by atoms with Gasteiger partial charge >= 0.3 is 6.09 Å². The van der Waals surface area contributed by atoms with Crippen molar-refractivity contribution in [3.8, 4) is 0 Å². The number of alkyl carbamates (subject to hydrolysis) is 1. The van der Waals surface area contributed by atoms with E-state index in [0.717, 1.165) is 0 Å². The molecule has 1 aromatic rings. The summed E-state index contributed by atoms with van der Waals surface area (Å²) in [6, 6.07) is 6.64. The number of halogens is 2. The number of amides is 3. The van der Waals surface area contributed by atoms with Gasteiger partial charge in [-0.05, 0) is 24.3 Å². The zero-order valence-electron chi connectivity index (χ0n) is 18.2. The predicted octanol–water partition coefficient (Wildman–Crippen LogP) is 1.62. The molecular formula is C22H31F2N3O5. The van der Waals surface area contributed by atoms with E-state index < -0.39 is 49.1 Å². The summed E-state index contributed by atoms with van der Waals surface area (Å²) in [5.74, 6) is -1.69. The second-order valence-electron chi connectivity index (χ2n) is 8.23. The number of hydrogen-bond acceptors (Lipinski definition) is 5. The Labute approximate surface area is 186 Å². The number of hydrogen-bond donors (Lipinski definition) is 4. The third kappa shape index (κ3) is 7.74. The second kappa shape index (κ2) is 12.3. The molecule has 10 heteroatoms. The highest BCUT2D eigenvalue weighted by Gasteiger charge is 2.32. The molecule has 1 fully saturated rings. The zero-order valence-corrected chi connectivity index (χ0v) is 18.2. The second-order valence-corrected chi connectivity index (χ2v) is 8.23. The average Bonchev–Trinajstić information content (AvgIpc) is 3.15. The van der Waals surface area contributed by atoms with Crippen molar-refractivity contribution in [3.63, 3.8) is 0 Å². The Kier molecular flexibility index (Phi) is 9.83. The Hall–Kier alpha value is -2.75. The molecular weight excluding hydrogens is 424 g/mol. The van der Waals surface area contributed by atoms with Crippen molar-refractivity contribution >= 4 is 17.9 Å². The summed E-state index contributed by atoms with van der Waals surface area (Å²) >= 11 is 0. The third-order valence-corrected chi connectivity index (χ3v) is 5.38. The fourth-order valence-corrected chi connectivity index (χ4v) is 3.52. The van der Waals surface area contributed by atoms with Crippen LogP contribution in [0, 0.1) is 11.8 Å². The summed E-state index contributed by atoms with van der Waals surface area (Å²) in [4.78, 5) is 37.0. The largest absolute Gasteiger partial charge is 0.436 e. The number of aliphatic hydroxyl groups is 1. The standard InChI is InChI=1S/C22H31F2N3O5/c1-13(2)18(19(23)24)27-22(31)32-17(10-14-6-4-3-5-7-14)21(30)26-16(12-28)11-15-8-9-25-20(15)29/h3-7,13,15-19,28H,8-12H2,1-2H3,(H,25,29)(H,26,30)(H,27,31)/t15-,16-,17-,18?/m0/s1. The van der Waals surface area contributed by atoms with Gasteiger partial charge in [-0.15, -0.1) is 0 Å². The quantitative estimate of drug-likeness (QED) is 0.405. The van der Waals surface area contributed by atoms with Gasteiger partial charge in [-0.25, -0.2) is 13.6 Å². The summed E-state index contributed by atoms with van der Waals surface area (Å²) in [5.41, 5.74) is 0.699. The van der Waals surface area contributed by atoms with E-state index in [1.165, 1.54) is 13.8 Å². The van der Waals surface area contributed by atoms with E-state index in [2.05, 4.69) is 16.0 Å². The molecule has 1 unspecified atom stereocenters. The fraction of sp³-hybridized carbons (Fsp3) is 0.591. The van der Waals surface area contributed by atoms with Gasteiger partial charge in [-0.1, -0.05) is 44.2 Å². The topological polar surface area (TPSA) is 117 Å². The van der Waals surface area contributed by atoms with Crippen LogP contribution in [0.5, 0.6) is 0 Å². The molecule has 0 radical (unpaired) electrons. The highest BCUT2D eigenvalue weighted by molar-refractivity contribution is 5.84. The normalized spacial score (nSPS) is 18.7. The highest BCUT2D eigenvalue weighted by Crippen LogP contribution is 2.17. The number of ether oxygens (including phenoxy) is 1. The number of carbonyl (C=O) groups is 3. The number of benzene rings is 1.